The lowest BCUT2D eigenvalue weighted by molar-refractivity contribution is -0.128. The van der Waals surface area contributed by atoms with Crippen molar-refractivity contribution in [3.05, 3.63) is 35.7 Å². The maximum Gasteiger partial charge on any atom is 0.265 e. The van der Waals surface area contributed by atoms with Gasteiger partial charge in [0.05, 0.1) is 16.8 Å². The summed E-state index contributed by atoms with van der Waals surface area (Å²) in [5.74, 6) is -0.310. The molecule has 3 heterocycles. The SMILES string of the molecule is CC(C)C1Oc2c(cc(S(C)(=O)=O)cc2C2=CN(C)C(=O)C3N=NC=C23)NC1=O. The second-order valence-electron chi connectivity index (χ2n) is 7.60. The van der Waals surface area contributed by atoms with Crippen LogP contribution in [0, 0.1) is 5.92 Å². The van der Waals surface area contributed by atoms with Crippen molar-refractivity contribution in [2.24, 2.45) is 16.1 Å². The second-order valence-corrected chi connectivity index (χ2v) is 9.62. The Morgan fingerprint density at radius 1 is 1.24 bits per heavy atom. The van der Waals surface area contributed by atoms with Crippen LogP contribution in [0.25, 0.3) is 5.57 Å². The Morgan fingerprint density at radius 2 is 1.97 bits per heavy atom. The number of nitrogens with zero attached hydrogens (tertiary/aromatic N) is 3. The molecule has 2 unspecified atom stereocenters. The molecule has 2 atom stereocenters. The van der Waals surface area contributed by atoms with Crippen LogP contribution in [0.1, 0.15) is 19.4 Å². The number of benzene rings is 1. The van der Waals surface area contributed by atoms with E-state index in [-0.39, 0.29) is 28.3 Å². The molecule has 3 aliphatic rings. The molecule has 0 fully saturated rings. The average molecular weight is 416 g/mol. The minimum Gasteiger partial charge on any atom is -0.477 e. The normalized spacial score (nSPS) is 23.3. The van der Waals surface area contributed by atoms with Crippen LogP contribution in [0.2, 0.25) is 0 Å². The number of hydrogen-bond donors (Lipinski definition) is 1. The number of anilines is 1. The molecule has 0 aromatic heterocycles. The van der Waals surface area contributed by atoms with Gasteiger partial charge >= 0.3 is 0 Å². The third-order valence-corrected chi connectivity index (χ3v) is 6.13. The van der Waals surface area contributed by atoms with E-state index in [0.29, 0.717) is 22.5 Å². The Labute approximate surface area is 168 Å². The molecule has 0 saturated carbocycles. The highest BCUT2D eigenvalue weighted by atomic mass is 32.2. The summed E-state index contributed by atoms with van der Waals surface area (Å²) >= 11 is 0. The van der Waals surface area contributed by atoms with E-state index in [1.165, 1.54) is 23.2 Å². The zero-order chi connectivity index (χ0) is 21.1. The van der Waals surface area contributed by atoms with Gasteiger partial charge in [-0.15, -0.1) is 0 Å². The molecule has 4 rings (SSSR count). The Bertz CT molecular complexity index is 1130. The van der Waals surface area contributed by atoms with Gasteiger partial charge in [-0.05, 0) is 18.1 Å². The minimum atomic E-state index is -3.57. The Balaban J connectivity index is 1.96. The van der Waals surface area contributed by atoms with E-state index in [0.717, 1.165) is 6.26 Å². The predicted octanol–water partition coefficient (Wildman–Crippen LogP) is 1.98. The smallest absolute Gasteiger partial charge is 0.265 e. The highest BCUT2D eigenvalue weighted by Gasteiger charge is 2.39. The number of sulfone groups is 1. The quantitative estimate of drug-likeness (QED) is 0.808. The molecule has 3 aliphatic heterocycles. The Morgan fingerprint density at radius 3 is 2.62 bits per heavy atom. The second kappa shape index (κ2) is 6.51. The van der Waals surface area contributed by atoms with Crippen molar-refractivity contribution in [3.8, 4) is 5.75 Å². The van der Waals surface area contributed by atoms with Crippen LogP contribution in [-0.2, 0) is 19.4 Å². The number of likely N-dealkylation sites (N-methyl/N-ethyl adjacent to an activating group) is 1. The van der Waals surface area contributed by atoms with E-state index in [9.17, 15) is 18.0 Å². The molecule has 9 nitrogen and oxygen atoms in total. The van der Waals surface area contributed by atoms with Gasteiger partial charge in [0.2, 0.25) is 0 Å². The van der Waals surface area contributed by atoms with Crippen LogP contribution in [0.5, 0.6) is 5.75 Å². The summed E-state index contributed by atoms with van der Waals surface area (Å²) < 4.78 is 30.6. The lowest BCUT2D eigenvalue weighted by Crippen LogP contribution is -2.41. The fourth-order valence-corrected chi connectivity index (χ4v) is 4.17. The molecule has 29 heavy (non-hydrogen) atoms. The van der Waals surface area contributed by atoms with Gasteiger partial charge in [-0.2, -0.15) is 10.2 Å². The number of carbonyl (C=O) groups excluding carboxylic acids is 2. The first-order chi connectivity index (χ1) is 13.6. The number of carbonyl (C=O) groups is 2. The van der Waals surface area contributed by atoms with E-state index >= 15 is 0 Å². The summed E-state index contributed by atoms with van der Waals surface area (Å²) in [7, 11) is -1.98. The molecule has 10 heteroatoms. The van der Waals surface area contributed by atoms with Crippen LogP contribution >= 0.6 is 0 Å². The molecule has 1 aromatic rings. The topological polar surface area (TPSA) is 118 Å². The van der Waals surface area contributed by atoms with Crippen LogP contribution in [0.15, 0.2) is 45.2 Å². The number of amides is 2. The number of fused-ring (bicyclic) bond motifs is 2. The zero-order valence-corrected chi connectivity index (χ0v) is 17.1. The van der Waals surface area contributed by atoms with Crippen molar-refractivity contribution in [2.75, 3.05) is 18.6 Å². The number of azo groups is 1. The summed E-state index contributed by atoms with van der Waals surface area (Å²) in [4.78, 5) is 26.2. The van der Waals surface area contributed by atoms with Crippen LogP contribution in [-0.4, -0.2) is 50.6 Å². The fourth-order valence-electron chi connectivity index (χ4n) is 3.50. The van der Waals surface area contributed by atoms with E-state index in [1.807, 2.05) is 13.8 Å². The van der Waals surface area contributed by atoms with Gasteiger partial charge in [0.25, 0.3) is 11.8 Å². The average Bonchev–Trinajstić information content (AvgIpc) is 3.12. The van der Waals surface area contributed by atoms with Crippen molar-refractivity contribution in [1.29, 1.82) is 0 Å². The minimum absolute atomic E-state index is 0.0302. The van der Waals surface area contributed by atoms with Crippen molar-refractivity contribution < 1.29 is 22.7 Å². The monoisotopic (exact) mass is 416 g/mol. The third kappa shape index (κ3) is 3.13. The summed E-state index contributed by atoms with van der Waals surface area (Å²) in [5, 5.41) is 10.6. The van der Waals surface area contributed by atoms with Crippen LogP contribution in [0.4, 0.5) is 5.69 Å². The maximum absolute atomic E-state index is 12.4. The zero-order valence-electron chi connectivity index (χ0n) is 16.3. The highest BCUT2D eigenvalue weighted by Crippen LogP contribution is 2.45. The van der Waals surface area contributed by atoms with E-state index in [2.05, 4.69) is 15.5 Å². The van der Waals surface area contributed by atoms with Crippen LogP contribution in [0.3, 0.4) is 0 Å². The summed E-state index contributed by atoms with van der Waals surface area (Å²) in [6.07, 6.45) is 3.46. The predicted molar refractivity (Wildman–Crippen MR) is 105 cm³/mol. The number of ether oxygens (including phenoxy) is 1. The molecule has 0 radical (unpaired) electrons. The van der Waals surface area contributed by atoms with Gasteiger partial charge in [-0.25, -0.2) is 8.42 Å². The molecule has 0 saturated heterocycles. The van der Waals surface area contributed by atoms with Crippen LogP contribution < -0.4 is 10.1 Å². The molecule has 0 aliphatic carbocycles. The van der Waals surface area contributed by atoms with Crippen molar-refractivity contribution >= 4 is 32.9 Å². The van der Waals surface area contributed by atoms with Gasteiger partial charge in [-0.3, -0.25) is 9.59 Å². The highest BCUT2D eigenvalue weighted by molar-refractivity contribution is 7.90. The Hall–Kier alpha value is -3.01. The van der Waals surface area contributed by atoms with E-state index in [1.54, 1.807) is 13.2 Å². The van der Waals surface area contributed by atoms with Gasteiger partial charge in [-0.1, -0.05) is 13.8 Å². The molecule has 1 N–H and O–H groups in total. The summed E-state index contributed by atoms with van der Waals surface area (Å²) in [6, 6.07) is 2.10. The summed E-state index contributed by atoms with van der Waals surface area (Å²) in [6.45, 7) is 3.72. The van der Waals surface area contributed by atoms with Crippen molar-refractivity contribution in [1.82, 2.24) is 4.90 Å². The van der Waals surface area contributed by atoms with Gasteiger partial charge in [0.1, 0.15) is 0 Å². The van der Waals surface area contributed by atoms with E-state index in [4.69, 9.17) is 4.74 Å². The molecule has 2 amide bonds. The lowest BCUT2D eigenvalue weighted by atomic mass is 9.90. The number of rotatable bonds is 3. The molecule has 1 aromatic carbocycles. The first kappa shape index (κ1) is 19.3. The first-order valence-electron chi connectivity index (χ1n) is 9.03. The fraction of sp³-hybridized carbons (Fsp3) is 0.368. The number of hydrogen-bond acceptors (Lipinski definition) is 7. The molecular weight excluding hydrogens is 396 g/mol. The standard InChI is InChI=1S/C19H20N4O5S/c1-9(2)16-18(24)21-14-6-10(29(4,26)27)5-11(17(14)28-16)13-8-23(3)19(25)15-12(13)7-20-22-15/h5-9,15-16H,1-4H3,(H,21,24). The third-order valence-electron chi connectivity index (χ3n) is 5.04. The van der Waals surface area contributed by atoms with Gasteiger partial charge in [0.15, 0.2) is 27.7 Å². The lowest BCUT2D eigenvalue weighted by Gasteiger charge is -2.32. The van der Waals surface area contributed by atoms with Crippen molar-refractivity contribution in [2.45, 2.75) is 30.9 Å². The van der Waals surface area contributed by atoms with Crippen molar-refractivity contribution in [3.63, 3.8) is 0 Å². The maximum atomic E-state index is 12.4. The largest absolute Gasteiger partial charge is 0.477 e. The van der Waals surface area contributed by atoms with Gasteiger partial charge in [0, 0.05) is 36.2 Å². The van der Waals surface area contributed by atoms with E-state index < -0.39 is 22.0 Å². The molecular formula is C19H20N4O5S. The Kier molecular flexibility index (Phi) is 4.34. The summed E-state index contributed by atoms with van der Waals surface area (Å²) in [5.41, 5.74) is 1.86. The molecule has 0 bridgehead atoms. The number of nitrogens with one attached hydrogen (secondary N) is 1. The molecule has 152 valence electrons. The van der Waals surface area contributed by atoms with Gasteiger partial charge < -0.3 is 15.0 Å². The first-order valence-corrected chi connectivity index (χ1v) is 10.9. The molecule has 0 spiro atoms.